The second-order valence-corrected chi connectivity index (χ2v) is 4.57. The first kappa shape index (κ1) is 13.0. The fourth-order valence-corrected chi connectivity index (χ4v) is 2.40. The smallest absolute Gasteiger partial charge is 0.226 e. The van der Waals surface area contributed by atoms with Gasteiger partial charge in [0.05, 0.1) is 0 Å². The Balaban J connectivity index is 2.23. The second-order valence-electron chi connectivity index (χ2n) is 4.57. The topological polar surface area (TPSA) is 32.3 Å². The van der Waals surface area contributed by atoms with Crippen molar-refractivity contribution in [3.63, 3.8) is 0 Å². The van der Waals surface area contributed by atoms with E-state index in [9.17, 15) is 9.18 Å². The van der Waals surface area contributed by atoms with Crippen LogP contribution in [0.1, 0.15) is 26.2 Å². The molecule has 1 amide bonds. The van der Waals surface area contributed by atoms with Crippen LogP contribution in [0.5, 0.6) is 0 Å². The molecule has 1 heterocycles. The van der Waals surface area contributed by atoms with Gasteiger partial charge in [-0.25, -0.2) is 4.39 Å². The van der Waals surface area contributed by atoms with Crippen LogP contribution in [0, 0.1) is 5.82 Å². The number of carbonyl (C=O) groups is 1. The lowest BCUT2D eigenvalue weighted by molar-refractivity contribution is -0.118. The lowest BCUT2D eigenvalue weighted by atomic mass is 10.0. The van der Waals surface area contributed by atoms with Crippen LogP contribution >= 0.6 is 0 Å². The predicted molar refractivity (Wildman–Crippen MR) is 70.1 cm³/mol. The van der Waals surface area contributed by atoms with Gasteiger partial charge in [0.25, 0.3) is 0 Å². The van der Waals surface area contributed by atoms with E-state index in [1.54, 1.807) is 12.1 Å². The summed E-state index contributed by atoms with van der Waals surface area (Å²) in [5.41, 5.74) is 0.801. The third-order valence-electron chi connectivity index (χ3n) is 3.35. The summed E-state index contributed by atoms with van der Waals surface area (Å²) in [4.78, 5) is 13.9. The van der Waals surface area contributed by atoms with Crippen molar-refractivity contribution in [3.05, 3.63) is 30.1 Å². The van der Waals surface area contributed by atoms with E-state index < -0.39 is 0 Å². The number of nitrogens with one attached hydrogen (secondary N) is 1. The van der Waals surface area contributed by atoms with Gasteiger partial charge in [-0.1, -0.05) is 6.92 Å². The zero-order valence-electron chi connectivity index (χ0n) is 10.7. The third kappa shape index (κ3) is 2.88. The number of benzene rings is 1. The molecular weight excluding hydrogens is 231 g/mol. The number of rotatable bonds is 3. The number of anilines is 1. The van der Waals surface area contributed by atoms with Crippen LogP contribution < -0.4 is 10.2 Å². The quantitative estimate of drug-likeness (QED) is 0.893. The van der Waals surface area contributed by atoms with Gasteiger partial charge in [-0.15, -0.1) is 0 Å². The van der Waals surface area contributed by atoms with Gasteiger partial charge >= 0.3 is 0 Å². The predicted octanol–water partition coefficient (Wildman–Crippen LogP) is 2.32. The van der Waals surface area contributed by atoms with Crippen molar-refractivity contribution in [2.75, 3.05) is 18.0 Å². The first-order chi connectivity index (χ1) is 8.72. The molecule has 0 unspecified atom stereocenters. The molecule has 1 aliphatic rings. The van der Waals surface area contributed by atoms with E-state index in [1.807, 2.05) is 11.8 Å². The summed E-state index contributed by atoms with van der Waals surface area (Å²) < 4.78 is 13.0. The summed E-state index contributed by atoms with van der Waals surface area (Å²) in [6.45, 7) is 3.72. The SMILES string of the molecule is CCC(=O)N(c1ccc(F)cc1)C1CCNCC1. The third-order valence-corrected chi connectivity index (χ3v) is 3.35. The van der Waals surface area contributed by atoms with Gasteiger partial charge < -0.3 is 10.2 Å². The Morgan fingerprint density at radius 2 is 1.94 bits per heavy atom. The fourth-order valence-electron chi connectivity index (χ4n) is 2.40. The molecule has 1 N–H and O–H groups in total. The normalized spacial score (nSPS) is 16.6. The van der Waals surface area contributed by atoms with E-state index in [2.05, 4.69) is 5.32 Å². The number of halogens is 1. The van der Waals surface area contributed by atoms with Crippen LogP contribution in [0.4, 0.5) is 10.1 Å². The number of piperidine rings is 1. The van der Waals surface area contributed by atoms with E-state index in [0.29, 0.717) is 6.42 Å². The van der Waals surface area contributed by atoms with Crippen LogP contribution in [0.15, 0.2) is 24.3 Å². The zero-order chi connectivity index (χ0) is 13.0. The minimum atomic E-state index is -0.270. The zero-order valence-corrected chi connectivity index (χ0v) is 10.7. The van der Waals surface area contributed by atoms with Crippen molar-refractivity contribution < 1.29 is 9.18 Å². The average Bonchev–Trinajstić information content (AvgIpc) is 2.42. The molecule has 1 saturated heterocycles. The van der Waals surface area contributed by atoms with Gasteiger partial charge in [0.2, 0.25) is 5.91 Å². The highest BCUT2D eigenvalue weighted by Crippen LogP contribution is 2.23. The van der Waals surface area contributed by atoms with Crippen molar-refractivity contribution in [1.29, 1.82) is 0 Å². The van der Waals surface area contributed by atoms with Gasteiger partial charge in [0, 0.05) is 18.2 Å². The van der Waals surface area contributed by atoms with Gasteiger partial charge in [-0.05, 0) is 50.2 Å². The van der Waals surface area contributed by atoms with E-state index >= 15 is 0 Å². The Morgan fingerprint density at radius 3 is 2.50 bits per heavy atom. The first-order valence-electron chi connectivity index (χ1n) is 6.50. The maximum Gasteiger partial charge on any atom is 0.226 e. The van der Waals surface area contributed by atoms with Gasteiger partial charge in [0.15, 0.2) is 0 Å². The average molecular weight is 250 g/mol. The fraction of sp³-hybridized carbons (Fsp3) is 0.500. The van der Waals surface area contributed by atoms with Gasteiger partial charge in [-0.3, -0.25) is 4.79 Å². The number of hydrogen-bond donors (Lipinski definition) is 1. The summed E-state index contributed by atoms with van der Waals surface area (Å²) in [5.74, 6) is -0.165. The van der Waals surface area contributed by atoms with E-state index in [4.69, 9.17) is 0 Å². The maximum absolute atomic E-state index is 13.0. The molecule has 0 atom stereocenters. The van der Waals surface area contributed by atoms with Crippen molar-refractivity contribution >= 4 is 11.6 Å². The molecule has 3 nitrogen and oxygen atoms in total. The highest BCUT2D eigenvalue weighted by Gasteiger charge is 2.25. The van der Waals surface area contributed by atoms with Crippen LogP contribution in [0.2, 0.25) is 0 Å². The van der Waals surface area contributed by atoms with E-state index in [0.717, 1.165) is 31.6 Å². The summed E-state index contributed by atoms with van der Waals surface area (Å²) in [6, 6.07) is 6.42. The van der Waals surface area contributed by atoms with E-state index in [-0.39, 0.29) is 17.8 Å². The van der Waals surface area contributed by atoms with Crippen LogP contribution in [-0.2, 0) is 4.79 Å². The number of hydrogen-bond acceptors (Lipinski definition) is 2. The molecule has 1 aromatic rings. The Bertz CT molecular complexity index is 399. The summed E-state index contributed by atoms with van der Waals surface area (Å²) in [7, 11) is 0. The molecule has 98 valence electrons. The Morgan fingerprint density at radius 1 is 1.33 bits per heavy atom. The first-order valence-corrected chi connectivity index (χ1v) is 6.50. The summed E-state index contributed by atoms with van der Waals surface area (Å²) in [5, 5.41) is 3.29. The van der Waals surface area contributed by atoms with Gasteiger partial charge in [-0.2, -0.15) is 0 Å². The monoisotopic (exact) mass is 250 g/mol. The molecule has 1 aromatic carbocycles. The Hall–Kier alpha value is -1.42. The molecular formula is C14H19FN2O. The number of amides is 1. The molecule has 1 aliphatic heterocycles. The molecule has 0 saturated carbocycles. The van der Waals surface area contributed by atoms with Crippen LogP contribution in [-0.4, -0.2) is 25.0 Å². The molecule has 0 aromatic heterocycles. The number of nitrogens with zero attached hydrogens (tertiary/aromatic N) is 1. The van der Waals surface area contributed by atoms with E-state index in [1.165, 1.54) is 12.1 Å². The molecule has 0 radical (unpaired) electrons. The lowest BCUT2D eigenvalue weighted by Crippen LogP contribution is -2.46. The molecule has 0 spiro atoms. The highest BCUT2D eigenvalue weighted by atomic mass is 19.1. The minimum absolute atomic E-state index is 0.105. The number of carbonyl (C=O) groups excluding carboxylic acids is 1. The largest absolute Gasteiger partial charge is 0.317 e. The van der Waals surface area contributed by atoms with Crippen molar-refractivity contribution in [2.24, 2.45) is 0 Å². The lowest BCUT2D eigenvalue weighted by Gasteiger charge is -2.34. The molecule has 18 heavy (non-hydrogen) atoms. The van der Waals surface area contributed by atoms with Gasteiger partial charge in [0.1, 0.15) is 5.82 Å². The van der Waals surface area contributed by atoms with Crippen molar-refractivity contribution in [3.8, 4) is 0 Å². The van der Waals surface area contributed by atoms with Crippen LogP contribution in [0.3, 0.4) is 0 Å². The molecule has 2 rings (SSSR count). The van der Waals surface area contributed by atoms with Crippen molar-refractivity contribution in [1.82, 2.24) is 5.32 Å². The molecule has 0 bridgehead atoms. The summed E-state index contributed by atoms with van der Waals surface area (Å²) >= 11 is 0. The molecule has 0 aliphatic carbocycles. The summed E-state index contributed by atoms with van der Waals surface area (Å²) in [6.07, 6.45) is 2.37. The second kappa shape index (κ2) is 5.96. The maximum atomic E-state index is 13.0. The van der Waals surface area contributed by atoms with Crippen molar-refractivity contribution in [2.45, 2.75) is 32.2 Å². The standard InChI is InChI=1S/C14H19FN2O/c1-2-14(18)17(13-7-9-16-10-8-13)12-5-3-11(15)4-6-12/h3-6,13,16H,2,7-10H2,1H3. The Labute approximate surface area is 107 Å². The van der Waals surface area contributed by atoms with Crippen LogP contribution in [0.25, 0.3) is 0 Å². The Kier molecular flexibility index (Phi) is 4.31. The molecule has 1 fully saturated rings. The minimum Gasteiger partial charge on any atom is -0.317 e. The molecule has 4 heteroatoms. The highest BCUT2D eigenvalue weighted by molar-refractivity contribution is 5.93.